The molecule has 0 radical (unpaired) electrons. The fourth-order valence-corrected chi connectivity index (χ4v) is 2.96. The van der Waals surface area contributed by atoms with Crippen LogP contribution in [0.5, 0.6) is 0 Å². The number of halogens is 1. The number of fused-ring (bicyclic) bond motifs is 1. The third-order valence-corrected chi connectivity index (χ3v) is 4.29. The topological polar surface area (TPSA) is 83.0 Å². The Morgan fingerprint density at radius 3 is 2.71 bits per heavy atom. The summed E-state index contributed by atoms with van der Waals surface area (Å²) in [7, 11) is 0. The van der Waals surface area contributed by atoms with E-state index in [1.165, 1.54) is 0 Å². The largest absolute Gasteiger partial charge is 0.481 e. The maximum absolute atomic E-state index is 12.9. The molecule has 1 aromatic carbocycles. The Balaban J connectivity index is 2.27. The number of benzene rings is 1. The first-order valence-electron chi connectivity index (χ1n) is 7.40. The molecule has 0 fully saturated rings. The van der Waals surface area contributed by atoms with Crippen LogP contribution in [0.3, 0.4) is 0 Å². The number of rotatable bonds is 4. The van der Waals surface area contributed by atoms with Gasteiger partial charge in [-0.15, -0.1) is 0 Å². The zero-order chi connectivity index (χ0) is 17.4. The minimum Gasteiger partial charge on any atom is -0.481 e. The van der Waals surface area contributed by atoms with Crippen molar-refractivity contribution in [2.24, 2.45) is 0 Å². The van der Waals surface area contributed by atoms with Crippen molar-refractivity contribution >= 4 is 34.3 Å². The van der Waals surface area contributed by atoms with Gasteiger partial charge in [-0.3, -0.25) is 14.6 Å². The molecule has 0 amide bonds. The molecule has 3 rings (SSSR count). The van der Waals surface area contributed by atoms with Crippen LogP contribution in [0.25, 0.3) is 10.9 Å². The summed E-state index contributed by atoms with van der Waals surface area (Å²) >= 11 is 6.01. The fourth-order valence-electron chi connectivity index (χ4n) is 2.79. The van der Waals surface area contributed by atoms with Crippen LogP contribution >= 0.6 is 11.6 Å². The lowest BCUT2D eigenvalue weighted by molar-refractivity contribution is -0.138. The Morgan fingerprint density at radius 2 is 2.04 bits per heavy atom. The SMILES string of the molecule is Cc1cccnc1C(=O)c1[nH]c2cc(Cl)ccc2c1C(C)C(=O)O. The Morgan fingerprint density at radius 1 is 1.29 bits per heavy atom. The molecular weight excluding hydrogens is 328 g/mol. The number of H-pyrrole nitrogens is 1. The van der Waals surface area contributed by atoms with Gasteiger partial charge in [0.25, 0.3) is 0 Å². The molecule has 0 aliphatic rings. The third-order valence-electron chi connectivity index (χ3n) is 4.06. The van der Waals surface area contributed by atoms with Crippen LogP contribution in [0, 0.1) is 6.92 Å². The quantitative estimate of drug-likeness (QED) is 0.703. The van der Waals surface area contributed by atoms with E-state index < -0.39 is 11.9 Å². The number of nitrogens with zero attached hydrogens (tertiary/aromatic N) is 1. The number of aromatic amines is 1. The van der Waals surface area contributed by atoms with Gasteiger partial charge in [-0.2, -0.15) is 0 Å². The summed E-state index contributed by atoms with van der Waals surface area (Å²) in [5.74, 6) is -2.18. The molecule has 2 heterocycles. The van der Waals surface area contributed by atoms with Crippen LogP contribution in [0.1, 0.15) is 40.2 Å². The average molecular weight is 343 g/mol. The molecule has 1 atom stereocenters. The number of carbonyl (C=O) groups excluding carboxylic acids is 1. The predicted molar refractivity (Wildman–Crippen MR) is 91.8 cm³/mol. The maximum Gasteiger partial charge on any atom is 0.310 e. The zero-order valence-corrected chi connectivity index (χ0v) is 13.9. The van der Waals surface area contributed by atoms with E-state index in [1.54, 1.807) is 50.4 Å². The molecule has 0 spiro atoms. The minimum atomic E-state index is -1.00. The van der Waals surface area contributed by atoms with E-state index in [-0.39, 0.29) is 11.5 Å². The molecule has 122 valence electrons. The van der Waals surface area contributed by atoms with Crippen LogP contribution in [-0.4, -0.2) is 26.8 Å². The summed E-state index contributed by atoms with van der Waals surface area (Å²) in [5, 5.41) is 10.6. The number of aromatic nitrogens is 2. The number of hydrogen-bond donors (Lipinski definition) is 2. The molecule has 0 saturated heterocycles. The van der Waals surface area contributed by atoms with Crippen molar-refractivity contribution in [2.45, 2.75) is 19.8 Å². The lowest BCUT2D eigenvalue weighted by atomic mass is 9.95. The predicted octanol–water partition coefficient (Wildman–Crippen LogP) is 3.94. The Bertz CT molecular complexity index is 962. The Labute approximate surface area is 143 Å². The first-order valence-corrected chi connectivity index (χ1v) is 7.78. The molecular formula is C18H15ClN2O3. The van der Waals surface area contributed by atoms with E-state index >= 15 is 0 Å². The molecule has 5 nitrogen and oxygen atoms in total. The molecule has 0 aliphatic carbocycles. The highest BCUT2D eigenvalue weighted by Crippen LogP contribution is 2.32. The Hall–Kier alpha value is -2.66. The van der Waals surface area contributed by atoms with Gasteiger partial charge < -0.3 is 10.1 Å². The fraction of sp³-hybridized carbons (Fsp3) is 0.167. The van der Waals surface area contributed by atoms with E-state index in [0.29, 0.717) is 27.2 Å². The molecule has 2 aromatic heterocycles. The van der Waals surface area contributed by atoms with Crippen molar-refractivity contribution in [3.05, 3.63) is 64.1 Å². The van der Waals surface area contributed by atoms with Gasteiger partial charge in [0.15, 0.2) is 0 Å². The highest BCUT2D eigenvalue weighted by atomic mass is 35.5. The van der Waals surface area contributed by atoms with Crippen molar-refractivity contribution in [1.29, 1.82) is 0 Å². The monoisotopic (exact) mass is 342 g/mol. The maximum atomic E-state index is 12.9. The molecule has 0 aliphatic heterocycles. The van der Waals surface area contributed by atoms with Gasteiger partial charge in [0.05, 0.1) is 11.6 Å². The van der Waals surface area contributed by atoms with Crippen molar-refractivity contribution in [2.75, 3.05) is 0 Å². The number of carboxylic acid groups (broad SMARTS) is 1. The number of carboxylic acids is 1. The molecule has 6 heteroatoms. The van der Waals surface area contributed by atoms with Crippen molar-refractivity contribution in [1.82, 2.24) is 9.97 Å². The number of nitrogens with one attached hydrogen (secondary N) is 1. The molecule has 3 aromatic rings. The number of pyridine rings is 1. The summed E-state index contributed by atoms with van der Waals surface area (Å²) in [4.78, 5) is 31.6. The second-order valence-corrected chi connectivity index (χ2v) is 6.10. The highest BCUT2D eigenvalue weighted by Gasteiger charge is 2.27. The van der Waals surface area contributed by atoms with E-state index in [9.17, 15) is 14.7 Å². The number of aryl methyl sites for hydroxylation is 1. The van der Waals surface area contributed by atoms with Crippen LogP contribution in [0.2, 0.25) is 5.02 Å². The van der Waals surface area contributed by atoms with Crippen LogP contribution in [0.15, 0.2) is 36.5 Å². The normalized spacial score (nSPS) is 12.3. The van der Waals surface area contributed by atoms with Crippen molar-refractivity contribution in [3.8, 4) is 0 Å². The standard InChI is InChI=1S/C18H15ClN2O3/c1-9-4-3-7-20-15(9)17(22)16-14(10(2)18(23)24)12-6-5-11(19)8-13(12)21-16/h3-8,10,21H,1-2H3,(H,23,24). The van der Waals surface area contributed by atoms with Crippen LogP contribution < -0.4 is 0 Å². The van der Waals surface area contributed by atoms with Gasteiger partial charge in [0.1, 0.15) is 5.69 Å². The smallest absolute Gasteiger partial charge is 0.310 e. The average Bonchev–Trinajstić information content (AvgIpc) is 2.92. The van der Waals surface area contributed by atoms with Crippen molar-refractivity contribution < 1.29 is 14.7 Å². The first-order chi connectivity index (χ1) is 11.4. The lowest BCUT2D eigenvalue weighted by Gasteiger charge is -2.09. The highest BCUT2D eigenvalue weighted by molar-refractivity contribution is 6.31. The zero-order valence-electron chi connectivity index (χ0n) is 13.1. The van der Waals surface area contributed by atoms with Gasteiger partial charge in [-0.25, -0.2) is 0 Å². The van der Waals surface area contributed by atoms with Gasteiger partial charge in [-0.1, -0.05) is 23.7 Å². The summed E-state index contributed by atoms with van der Waals surface area (Å²) in [5.41, 5.74) is 2.35. The number of hydrogen-bond acceptors (Lipinski definition) is 3. The summed E-state index contributed by atoms with van der Waals surface area (Å²) in [6.07, 6.45) is 1.54. The number of carbonyl (C=O) groups is 2. The third kappa shape index (κ3) is 2.67. The summed E-state index contributed by atoms with van der Waals surface area (Å²) in [6.45, 7) is 3.35. The van der Waals surface area contributed by atoms with Gasteiger partial charge in [0.2, 0.25) is 5.78 Å². The van der Waals surface area contributed by atoms with Gasteiger partial charge in [0, 0.05) is 27.7 Å². The number of ketones is 1. The van der Waals surface area contributed by atoms with E-state index in [0.717, 1.165) is 5.56 Å². The van der Waals surface area contributed by atoms with Crippen molar-refractivity contribution in [3.63, 3.8) is 0 Å². The van der Waals surface area contributed by atoms with Crippen LogP contribution in [0.4, 0.5) is 0 Å². The lowest BCUT2D eigenvalue weighted by Crippen LogP contribution is -2.14. The van der Waals surface area contributed by atoms with Gasteiger partial charge >= 0.3 is 5.97 Å². The van der Waals surface area contributed by atoms with Gasteiger partial charge in [-0.05, 0) is 37.6 Å². The van der Waals surface area contributed by atoms with Crippen LogP contribution in [-0.2, 0) is 4.79 Å². The summed E-state index contributed by atoms with van der Waals surface area (Å²) < 4.78 is 0. The molecule has 0 saturated carbocycles. The molecule has 1 unspecified atom stereocenters. The second kappa shape index (κ2) is 6.09. The second-order valence-electron chi connectivity index (χ2n) is 5.66. The van der Waals surface area contributed by atoms with E-state index in [4.69, 9.17) is 11.6 Å². The van der Waals surface area contributed by atoms with E-state index in [1.807, 2.05) is 0 Å². The minimum absolute atomic E-state index is 0.240. The molecule has 24 heavy (non-hydrogen) atoms. The number of aliphatic carboxylic acids is 1. The molecule has 0 bridgehead atoms. The Kier molecular flexibility index (Phi) is 4.11. The van der Waals surface area contributed by atoms with E-state index in [2.05, 4.69) is 9.97 Å². The first kappa shape index (κ1) is 16.2. The molecule has 2 N–H and O–H groups in total. The summed E-state index contributed by atoms with van der Waals surface area (Å²) in [6, 6.07) is 8.62.